The van der Waals surface area contributed by atoms with Crippen LogP contribution in [-0.2, 0) is 9.13 Å². The average Bonchev–Trinajstić information content (AvgIpc) is 1.54. The zero-order valence-electron chi connectivity index (χ0n) is 48.0. The molecule has 2 heterocycles. The molecular weight excluding hydrogens is 1150 g/mol. The quantitative estimate of drug-likeness (QED) is 0.168. The number of hydrogen-bond donors (Lipinski definition) is 2. The summed E-state index contributed by atoms with van der Waals surface area (Å²) in [4.78, 5) is 22.8. The van der Waals surface area contributed by atoms with Crippen molar-refractivity contribution in [3.63, 3.8) is 0 Å². The zero-order chi connectivity index (χ0) is 60.2. The topological polar surface area (TPSA) is 112 Å². The van der Waals surface area contributed by atoms with Crippen LogP contribution in [0.5, 0.6) is 23.0 Å². The van der Waals surface area contributed by atoms with E-state index in [9.17, 15) is 18.9 Å². The van der Waals surface area contributed by atoms with Gasteiger partial charge in [0, 0.05) is 44.5 Å². The summed E-state index contributed by atoms with van der Waals surface area (Å²) >= 11 is 0. The number of phosphoric acid groups is 2. The van der Waals surface area contributed by atoms with Crippen LogP contribution in [0.4, 0.5) is 0 Å². The Kier molecular flexibility index (Phi) is 12.4. The van der Waals surface area contributed by atoms with Crippen molar-refractivity contribution in [3.05, 3.63) is 291 Å². The third-order valence-corrected chi connectivity index (χ3v) is 19.2. The first-order valence-electron chi connectivity index (χ1n) is 29.7. The van der Waals surface area contributed by atoms with E-state index in [4.69, 9.17) is 18.1 Å². The maximum atomic E-state index is 14.0. The normalized spacial score (nSPS) is 13.6. The van der Waals surface area contributed by atoms with Crippen LogP contribution in [0.15, 0.2) is 291 Å². The first kappa shape index (κ1) is 53.4. The van der Waals surface area contributed by atoms with E-state index < -0.39 is 15.6 Å². The highest BCUT2D eigenvalue weighted by molar-refractivity contribution is 7.48. The molecule has 18 rings (SSSR count). The van der Waals surface area contributed by atoms with Gasteiger partial charge in [-0.1, -0.05) is 243 Å². The maximum Gasteiger partial charge on any atom is 0.584 e. The third kappa shape index (κ3) is 9.16. The fraction of sp³-hybridized carbons (Fsp3) is 0. The molecular formula is C80H50O8P2. The van der Waals surface area contributed by atoms with Crippen molar-refractivity contribution in [2.24, 2.45) is 0 Å². The minimum Gasteiger partial charge on any atom is -0.394 e. The molecule has 90 heavy (non-hydrogen) atoms. The summed E-state index contributed by atoms with van der Waals surface area (Å²) in [5, 5.41) is 16.3. The van der Waals surface area contributed by atoms with E-state index in [1.165, 1.54) is 0 Å². The molecule has 0 bridgehead atoms. The Balaban J connectivity index is 0.000000139. The van der Waals surface area contributed by atoms with Gasteiger partial charge in [-0.2, -0.15) is 0 Å². The molecule has 16 aromatic carbocycles. The van der Waals surface area contributed by atoms with E-state index in [2.05, 4.69) is 121 Å². The van der Waals surface area contributed by atoms with E-state index in [-0.39, 0.29) is 0 Å². The number of rotatable bonds is 4. The standard InChI is InChI=1S/2C40H25O4P/c2*41-45(42)43-39-35(31-19-17-25-9-1-3-11-27(25)21-31)23-29-13-5-7-15-33(29)37(39)38-34-16-8-6-14-30(34)24-36(40(38)44-45)32-20-18-26-10-2-4-12-28(26)22-32/h2*1-24H,(H,41,42). The molecule has 2 aliphatic heterocycles. The molecule has 0 atom stereocenters. The first-order valence-corrected chi connectivity index (χ1v) is 32.7. The summed E-state index contributed by atoms with van der Waals surface area (Å²) in [6, 6.07) is 98.0. The second kappa shape index (κ2) is 20.9. The minimum atomic E-state index is -4.64. The van der Waals surface area contributed by atoms with Crippen LogP contribution in [0.3, 0.4) is 0 Å². The van der Waals surface area contributed by atoms with Crippen molar-refractivity contribution in [3.8, 4) is 89.8 Å². The van der Waals surface area contributed by atoms with Gasteiger partial charge in [-0.15, -0.1) is 0 Å². The Morgan fingerprint density at radius 1 is 0.211 bits per heavy atom. The Hall–Kier alpha value is -10.8. The molecule has 0 unspecified atom stereocenters. The largest absolute Gasteiger partial charge is 0.584 e. The van der Waals surface area contributed by atoms with Crippen LogP contribution in [0.1, 0.15) is 0 Å². The molecule has 2 aliphatic rings. The molecule has 0 saturated heterocycles. The molecule has 0 saturated carbocycles. The van der Waals surface area contributed by atoms with Gasteiger partial charge in [-0.05, 0) is 157 Å². The van der Waals surface area contributed by atoms with Crippen LogP contribution in [0.2, 0.25) is 0 Å². The van der Waals surface area contributed by atoms with Crippen LogP contribution in [0, 0.1) is 0 Å². The Morgan fingerprint density at radius 2 is 0.400 bits per heavy atom. The lowest BCUT2D eigenvalue weighted by Gasteiger charge is -2.19. The van der Waals surface area contributed by atoms with Gasteiger partial charge in [-0.3, -0.25) is 9.79 Å². The Labute approximate surface area is 516 Å². The molecule has 0 fully saturated rings. The first-order chi connectivity index (χ1) is 44.0. The summed E-state index contributed by atoms with van der Waals surface area (Å²) in [5.74, 6) is 1.31. The van der Waals surface area contributed by atoms with E-state index >= 15 is 0 Å². The lowest BCUT2D eigenvalue weighted by molar-refractivity contribution is 0.293. The van der Waals surface area contributed by atoms with Gasteiger partial charge in [0.1, 0.15) is 23.0 Å². The van der Waals surface area contributed by atoms with Crippen LogP contribution in [0.25, 0.3) is 153 Å². The summed E-state index contributed by atoms with van der Waals surface area (Å²) < 4.78 is 52.4. The van der Waals surface area contributed by atoms with Crippen molar-refractivity contribution >= 4 is 102 Å². The second-order valence-corrected chi connectivity index (χ2v) is 25.6. The van der Waals surface area contributed by atoms with Gasteiger partial charge in [0.15, 0.2) is 0 Å². The molecule has 8 nitrogen and oxygen atoms in total. The predicted octanol–water partition coefficient (Wildman–Crippen LogP) is 22.3. The molecule has 428 valence electrons. The van der Waals surface area contributed by atoms with Crippen molar-refractivity contribution < 1.29 is 37.0 Å². The molecule has 0 spiro atoms. The summed E-state index contributed by atoms with van der Waals surface area (Å²) in [5.41, 5.74) is 9.36. The van der Waals surface area contributed by atoms with Crippen LogP contribution >= 0.6 is 15.6 Å². The van der Waals surface area contributed by atoms with Gasteiger partial charge in [-0.25, -0.2) is 9.13 Å². The maximum absolute atomic E-state index is 14.0. The van der Waals surface area contributed by atoms with Crippen LogP contribution in [-0.4, -0.2) is 9.79 Å². The van der Waals surface area contributed by atoms with Gasteiger partial charge in [0.05, 0.1) is 0 Å². The summed E-state index contributed by atoms with van der Waals surface area (Å²) in [7, 11) is -9.28. The van der Waals surface area contributed by atoms with Crippen molar-refractivity contribution in [1.82, 2.24) is 0 Å². The number of phosphoric ester groups is 2. The highest BCUT2D eigenvalue weighted by Crippen LogP contribution is 2.64. The fourth-order valence-corrected chi connectivity index (χ4v) is 15.2. The van der Waals surface area contributed by atoms with Crippen molar-refractivity contribution in [2.45, 2.75) is 0 Å². The molecule has 0 radical (unpaired) electrons. The lowest BCUT2D eigenvalue weighted by atomic mass is 9.86. The fourth-order valence-electron chi connectivity index (χ4n) is 13.5. The molecule has 16 aromatic rings. The zero-order valence-corrected chi connectivity index (χ0v) is 49.7. The van der Waals surface area contributed by atoms with E-state index in [1.54, 1.807) is 0 Å². The number of hydrogen-bond acceptors (Lipinski definition) is 6. The molecule has 0 aromatic heterocycles. The van der Waals surface area contributed by atoms with E-state index in [0.29, 0.717) is 23.0 Å². The highest BCUT2D eigenvalue weighted by atomic mass is 31.2. The van der Waals surface area contributed by atoms with E-state index in [1.807, 2.05) is 170 Å². The highest BCUT2D eigenvalue weighted by Gasteiger charge is 2.40. The smallest absolute Gasteiger partial charge is 0.394 e. The van der Waals surface area contributed by atoms with Gasteiger partial charge < -0.3 is 18.1 Å². The number of fused-ring (bicyclic) bond motifs is 18. The Bertz CT molecular complexity index is 5110. The SMILES string of the molecule is O=P1(O)Oc2c(-c3ccc4ccccc4c3)cc3ccccc3c2-c2c(c(-c3ccc4ccccc4c3)cc3ccccc23)O1.O=P1(O)Oc2c(-c3ccc4ccccc4c3)cc3ccccc3c2-c2c(c(-c3ccc4ccccc4c3)cc3ccccc23)O1. The van der Waals surface area contributed by atoms with Gasteiger partial charge >= 0.3 is 15.6 Å². The molecule has 2 N–H and O–H groups in total. The van der Waals surface area contributed by atoms with Gasteiger partial charge in [0.2, 0.25) is 0 Å². The minimum absolute atomic E-state index is 0.328. The summed E-state index contributed by atoms with van der Waals surface area (Å²) in [6.07, 6.45) is 0. The molecule has 0 aliphatic carbocycles. The van der Waals surface area contributed by atoms with E-state index in [0.717, 1.165) is 153 Å². The number of benzene rings is 16. The average molecular weight is 1200 g/mol. The van der Waals surface area contributed by atoms with Crippen molar-refractivity contribution in [1.29, 1.82) is 0 Å². The second-order valence-electron chi connectivity index (χ2n) is 22.9. The monoisotopic (exact) mass is 1200 g/mol. The van der Waals surface area contributed by atoms with Gasteiger partial charge in [0.25, 0.3) is 0 Å². The third-order valence-electron chi connectivity index (χ3n) is 17.6. The van der Waals surface area contributed by atoms with Crippen LogP contribution < -0.4 is 18.1 Å². The molecule has 0 amide bonds. The predicted molar refractivity (Wildman–Crippen MR) is 368 cm³/mol. The Morgan fingerprint density at radius 3 is 0.622 bits per heavy atom. The van der Waals surface area contributed by atoms with Crippen molar-refractivity contribution in [2.75, 3.05) is 0 Å². The summed E-state index contributed by atoms with van der Waals surface area (Å²) in [6.45, 7) is 0. The molecule has 10 heteroatoms. The lowest BCUT2D eigenvalue weighted by Crippen LogP contribution is -2.00.